The summed E-state index contributed by atoms with van der Waals surface area (Å²) in [5.41, 5.74) is 0.694. The summed E-state index contributed by atoms with van der Waals surface area (Å²) >= 11 is 40.4. The Morgan fingerprint density at radius 2 is 0.619 bits per heavy atom. The zero-order valence-corrected chi connectivity index (χ0v) is 59.6. The first-order valence-corrected chi connectivity index (χ1v) is 29.3. The second-order valence-electron chi connectivity index (χ2n) is 15.4. The normalized spacial score (nSPS) is 11.5. The number of benzene rings is 4. The molecule has 0 saturated carbocycles. The minimum absolute atomic E-state index is 0. The van der Waals surface area contributed by atoms with E-state index >= 15 is 0 Å². The fourth-order valence-corrected chi connectivity index (χ4v) is 10.7. The number of hydrogen-bond donors (Lipinski definition) is 4. The Morgan fingerprint density at radius 1 is 0.345 bits per heavy atom. The zero-order chi connectivity index (χ0) is 58.5. The molecule has 4 aromatic carbocycles. The summed E-state index contributed by atoms with van der Waals surface area (Å²) in [6.45, 7) is 1.68. The van der Waals surface area contributed by atoms with Crippen molar-refractivity contribution in [3.05, 3.63) is 150 Å². The molecular formula is C43H25Cl7N14Na4O12S4. The minimum atomic E-state index is -5.03. The van der Waals surface area contributed by atoms with E-state index < -0.39 is 60.1 Å². The maximum Gasteiger partial charge on any atom is 1.00 e. The summed E-state index contributed by atoms with van der Waals surface area (Å²) in [4.78, 5) is 35.5. The van der Waals surface area contributed by atoms with Crippen molar-refractivity contribution < 1.29 is 170 Å². The number of nitrogens with zero attached hydrogens (tertiary/aromatic N) is 10. The summed E-state index contributed by atoms with van der Waals surface area (Å²) in [7, 11) is -20.1. The van der Waals surface area contributed by atoms with Gasteiger partial charge in [-0.05, 0) is 142 Å². The van der Waals surface area contributed by atoms with Crippen molar-refractivity contribution in [1.29, 1.82) is 0 Å². The van der Waals surface area contributed by atoms with E-state index in [4.69, 9.17) is 81.2 Å². The SMILES string of the molecule is Cc1cc(Cl)nc(Nc2ccc(C=Cc3ccc(Nc4nc(Cl)nc(Cl)n4)cc3S(=O)(=O)[O-])c(S(=O)(=O)[O-])c2)n1.O=S(=O)([O-])c1cc(Nc2cc(Cl)nc(Cl)n2)ccc1C=Cc1ccc(Nc2nc(Cl)nc(Cl)n2)cc1S(=O)(=O)[O-].[Na+].[Na+].[Na+].[Na+]. The molecule has 0 amide bonds. The first-order valence-electron chi connectivity index (χ1n) is 21.0. The first kappa shape index (κ1) is 75.7. The van der Waals surface area contributed by atoms with Crippen molar-refractivity contribution >= 4 is 192 Å². The van der Waals surface area contributed by atoms with Crippen LogP contribution in [0.15, 0.2) is 105 Å². The van der Waals surface area contributed by atoms with Gasteiger partial charge < -0.3 is 39.5 Å². The molecule has 0 atom stereocenters. The second kappa shape index (κ2) is 32.2. The standard InChI is InChI=1S/C22H16Cl3N7O6S2.C21H13Cl4N7O6S2.4Na/c1-11-8-18(23)29-21(26-11)27-14-6-4-12(16(9-14)39(33,34)35)2-3-13-5-7-15(10-17(13)40(36,37)38)28-22-31-19(24)30-20(25)32-22;22-16-9-17(29-18(23)28-16)26-12-5-3-10(14(7-12)39(33,34)35)1-2-11-4-6-13(8-15(11)40(36,37)38)27-21-31-19(24)30-20(25)32-21;;;;/h2-10H,1H3,(H,26,27,29)(H,33,34,35)(H,36,37,38)(H,28,30,31,32);1-9H,(H,26,28,29)(H,33,34,35)(H,36,37,38)(H,27,30,31,32);;;;/q;;4*+1/p-4. The van der Waals surface area contributed by atoms with Crippen LogP contribution in [0.5, 0.6) is 0 Å². The van der Waals surface area contributed by atoms with Gasteiger partial charge in [0.05, 0.1) is 19.6 Å². The maximum atomic E-state index is 12.0. The van der Waals surface area contributed by atoms with E-state index in [0.717, 1.165) is 36.4 Å². The second-order valence-corrected chi connectivity index (χ2v) is 23.2. The Morgan fingerprint density at radius 3 is 0.905 bits per heavy atom. The van der Waals surface area contributed by atoms with Crippen molar-refractivity contribution in [2.45, 2.75) is 26.5 Å². The Bertz CT molecular complexity index is 3690. The van der Waals surface area contributed by atoms with Crippen molar-refractivity contribution in [1.82, 2.24) is 49.8 Å². The van der Waals surface area contributed by atoms with Crippen LogP contribution < -0.4 is 139 Å². The van der Waals surface area contributed by atoms with Crippen LogP contribution in [0.1, 0.15) is 27.9 Å². The Kier molecular flexibility index (Phi) is 29.0. The molecule has 0 aliphatic rings. The van der Waals surface area contributed by atoms with Crippen LogP contribution >= 0.6 is 81.2 Å². The molecule has 0 unspecified atom stereocenters. The van der Waals surface area contributed by atoms with Gasteiger partial charge in [0, 0.05) is 34.5 Å². The molecule has 8 aromatic rings. The monoisotopic (exact) mass is 1390 g/mol. The van der Waals surface area contributed by atoms with Gasteiger partial charge in [0.1, 0.15) is 56.6 Å². The summed E-state index contributed by atoms with van der Waals surface area (Å²) in [5, 5.41) is 9.93. The zero-order valence-electron chi connectivity index (χ0n) is 43.0. The third kappa shape index (κ3) is 22.5. The molecule has 0 aliphatic carbocycles. The largest absolute Gasteiger partial charge is 1.00 e. The number of rotatable bonds is 16. The Labute approximate surface area is 601 Å². The van der Waals surface area contributed by atoms with Crippen molar-refractivity contribution in [2.24, 2.45) is 0 Å². The molecule has 4 aromatic heterocycles. The number of nitrogens with one attached hydrogen (secondary N) is 4. The van der Waals surface area contributed by atoms with Gasteiger partial charge in [0.15, 0.2) is 0 Å². The summed E-state index contributed by atoms with van der Waals surface area (Å²) in [5.74, 6) is -0.0283. The molecule has 41 heteroatoms. The van der Waals surface area contributed by atoms with Crippen molar-refractivity contribution in [3.63, 3.8) is 0 Å². The van der Waals surface area contributed by atoms with Gasteiger partial charge >= 0.3 is 118 Å². The van der Waals surface area contributed by atoms with E-state index in [-0.39, 0.29) is 224 Å². The van der Waals surface area contributed by atoms with Crippen LogP contribution in [0.25, 0.3) is 24.3 Å². The summed E-state index contributed by atoms with van der Waals surface area (Å²) in [6.07, 6.45) is 4.67. The number of aryl methyl sites for hydroxylation is 1. The maximum absolute atomic E-state index is 12.0. The van der Waals surface area contributed by atoms with Gasteiger partial charge in [0.2, 0.25) is 44.3 Å². The van der Waals surface area contributed by atoms with Gasteiger partial charge in [-0.25, -0.2) is 53.6 Å². The number of hydrogen-bond acceptors (Lipinski definition) is 26. The fourth-order valence-electron chi connectivity index (χ4n) is 6.56. The van der Waals surface area contributed by atoms with E-state index in [2.05, 4.69) is 71.1 Å². The predicted molar refractivity (Wildman–Crippen MR) is 292 cm³/mol. The van der Waals surface area contributed by atoms with Gasteiger partial charge in [0.25, 0.3) is 0 Å². The average Bonchev–Trinajstić information content (AvgIpc) is 3.55. The molecule has 416 valence electrons. The van der Waals surface area contributed by atoms with Crippen LogP contribution in [-0.2, 0) is 40.5 Å². The van der Waals surface area contributed by atoms with Crippen LogP contribution in [0.3, 0.4) is 0 Å². The van der Waals surface area contributed by atoms with Crippen LogP contribution in [0, 0.1) is 6.92 Å². The molecule has 0 saturated heterocycles. The number of anilines is 8. The average molecular weight is 1400 g/mol. The summed E-state index contributed by atoms with van der Waals surface area (Å²) in [6, 6.07) is 17.7. The molecule has 0 aliphatic heterocycles. The molecule has 0 fully saturated rings. The van der Waals surface area contributed by atoms with Gasteiger partial charge in [-0.3, -0.25) is 0 Å². The molecule has 26 nitrogen and oxygen atoms in total. The molecule has 0 radical (unpaired) electrons. The summed E-state index contributed by atoms with van der Waals surface area (Å²) < 4.78 is 144. The molecular weight excluding hydrogens is 1370 g/mol. The first-order chi connectivity index (χ1) is 37.3. The van der Waals surface area contributed by atoms with Crippen LogP contribution in [0.4, 0.5) is 46.4 Å². The smallest absolute Gasteiger partial charge is 0.744 e. The molecule has 4 heterocycles. The molecule has 84 heavy (non-hydrogen) atoms. The van der Waals surface area contributed by atoms with Crippen molar-refractivity contribution in [3.8, 4) is 0 Å². The van der Waals surface area contributed by atoms with Gasteiger partial charge in [-0.2, -0.15) is 29.9 Å². The molecule has 4 N–H and O–H groups in total. The van der Waals surface area contributed by atoms with Crippen molar-refractivity contribution in [2.75, 3.05) is 21.3 Å². The van der Waals surface area contributed by atoms with E-state index in [9.17, 15) is 51.9 Å². The fraction of sp³-hybridized carbons (Fsp3) is 0.0233. The molecule has 0 spiro atoms. The number of halogens is 7. The topological polar surface area (TPSA) is 406 Å². The quantitative estimate of drug-likeness (QED) is 0.0249. The van der Waals surface area contributed by atoms with Crippen LogP contribution in [-0.4, -0.2) is 102 Å². The van der Waals surface area contributed by atoms with E-state index in [1.807, 2.05) is 0 Å². The van der Waals surface area contributed by atoms with E-state index in [1.165, 1.54) is 72.8 Å². The van der Waals surface area contributed by atoms with E-state index in [0.29, 0.717) is 5.69 Å². The Hall–Kier alpha value is -2.59. The predicted octanol–water partition coefficient (Wildman–Crippen LogP) is -2.85. The van der Waals surface area contributed by atoms with Crippen LogP contribution in [0.2, 0.25) is 36.7 Å². The third-order valence-corrected chi connectivity index (χ3v) is 14.5. The minimum Gasteiger partial charge on any atom is -0.744 e. The van der Waals surface area contributed by atoms with Gasteiger partial charge in [-0.1, -0.05) is 71.8 Å². The Balaban J connectivity index is 0.000000420. The van der Waals surface area contributed by atoms with Gasteiger partial charge in [-0.15, -0.1) is 0 Å². The molecule has 0 bridgehead atoms. The molecule has 8 rings (SSSR count). The van der Waals surface area contributed by atoms with E-state index in [1.54, 1.807) is 6.92 Å². The number of aromatic nitrogens is 10. The third-order valence-electron chi connectivity index (χ3n) is 9.71.